The van der Waals surface area contributed by atoms with Gasteiger partial charge in [0.15, 0.2) is 0 Å². The van der Waals surface area contributed by atoms with Gasteiger partial charge in [-0.1, -0.05) is 17.7 Å². The van der Waals surface area contributed by atoms with Crippen molar-refractivity contribution in [2.45, 2.75) is 18.6 Å². The molecule has 0 aliphatic carbocycles. The molecule has 1 N–H and O–H groups in total. The van der Waals surface area contributed by atoms with Crippen LogP contribution in [0, 0.1) is 0 Å². The van der Waals surface area contributed by atoms with E-state index in [0.717, 1.165) is 0 Å². The highest BCUT2D eigenvalue weighted by Gasteiger charge is 2.04. The summed E-state index contributed by atoms with van der Waals surface area (Å²) < 4.78 is 0. The molecular weight excluding hydrogens is 144 g/mol. The highest BCUT2D eigenvalue weighted by molar-refractivity contribution is 8.68. The molecule has 0 aliphatic heterocycles. The zero-order valence-corrected chi connectivity index (χ0v) is 6.21. The lowest BCUT2D eigenvalue weighted by Crippen LogP contribution is -2.03. The Labute approximate surface area is 57.5 Å². The lowest BCUT2D eigenvalue weighted by molar-refractivity contribution is -0.136. The molecule has 0 saturated heterocycles. The van der Waals surface area contributed by atoms with E-state index in [1.165, 1.54) is 10.8 Å². The van der Waals surface area contributed by atoms with Gasteiger partial charge in [-0.15, -0.1) is 11.7 Å². The second kappa shape index (κ2) is 4.09. The number of hydrogen-bond acceptors (Lipinski definition) is 3. The smallest absolute Gasteiger partial charge is 0.304 e. The van der Waals surface area contributed by atoms with E-state index < -0.39 is 5.97 Å². The average Bonchev–Trinajstić information content (AvgIpc) is 1.65. The third-order valence-corrected chi connectivity index (χ3v) is 2.25. The zero-order valence-electron chi connectivity index (χ0n) is 4.50. The first kappa shape index (κ1) is 8.17. The summed E-state index contributed by atoms with van der Waals surface area (Å²) in [6.45, 7) is 1.83. The van der Waals surface area contributed by atoms with Crippen LogP contribution < -0.4 is 0 Å². The Morgan fingerprint density at radius 3 is 2.62 bits per heavy atom. The molecule has 0 aliphatic rings. The first-order valence-electron chi connectivity index (χ1n) is 2.19. The van der Waals surface area contributed by atoms with Gasteiger partial charge in [0.05, 0.1) is 6.42 Å². The first-order chi connectivity index (χ1) is 3.66. The summed E-state index contributed by atoms with van der Waals surface area (Å²) in [5.74, 6) is -0.765. The summed E-state index contributed by atoms with van der Waals surface area (Å²) in [6.07, 6.45) is 0.189. The molecule has 8 heavy (non-hydrogen) atoms. The molecule has 0 radical (unpaired) electrons. The fourth-order valence-corrected chi connectivity index (χ4v) is 0.724. The second-order valence-electron chi connectivity index (χ2n) is 1.51. The number of carboxylic acid groups (broad SMARTS) is 1. The predicted molar refractivity (Wildman–Crippen MR) is 38.3 cm³/mol. The van der Waals surface area contributed by atoms with E-state index in [4.69, 9.17) is 5.11 Å². The van der Waals surface area contributed by atoms with Gasteiger partial charge in [-0.3, -0.25) is 4.79 Å². The minimum atomic E-state index is -0.765. The van der Waals surface area contributed by atoms with Crippen molar-refractivity contribution in [1.29, 1.82) is 0 Å². The predicted octanol–water partition coefficient (Wildman–Crippen LogP) is 1.43. The maximum absolute atomic E-state index is 9.92. The van der Waals surface area contributed by atoms with Crippen molar-refractivity contribution < 1.29 is 9.90 Å². The van der Waals surface area contributed by atoms with Gasteiger partial charge in [-0.25, -0.2) is 0 Å². The summed E-state index contributed by atoms with van der Waals surface area (Å²) >= 11 is 3.84. The maximum Gasteiger partial charge on any atom is 0.304 e. The van der Waals surface area contributed by atoms with Crippen molar-refractivity contribution in [3.8, 4) is 0 Å². The Kier molecular flexibility index (Phi) is 4.18. The number of hydrogen-bond donors (Lipinski definition) is 2. The van der Waals surface area contributed by atoms with E-state index >= 15 is 0 Å². The van der Waals surface area contributed by atoms with Gasteiger partial charge >= 0.3 is 5.97 Å². The van der Waals surface area contributed by atoms with Gasteiger partial charge < -0.3 is 5.11 Å². The summed E-state index contributed by atoms with van der Waals surface area (Å²) in [5, 5.41) is 8.27. The molecule has 1 atom stereocenters. The molecule has 0 spiro atoms. The quantitative estimate of drug-likeness (QED) is 0.474. The molecular formula is C4H8O2S2. The van der Waals surface area contributed by atoms with Gasteiger partial charge in [0.2, 0.25) is 0 Å². The van der Waals surface area contributed by atoms with E-state index in [9.17, 15) is 4.79 Å². The zero-order chi connectivity index (χ0) is 6.57. The molecule has 0 aromatic heterocycles. The van der Waals surface area contributed by atoms with Crippen LogP contribution in [0.15, 0.2) is 0 Å². The topological polar surface area (TPSA) is 37.3 Å². The van der Waals surface area contributed by atoms with Crippen LogP contribution in [-0.4, -0.2) is 16.3 Å². The minimum absolute atomic E-state index is 0.107. The SMILES string of the molecule is CC(CC(=O)O)SS. The van der Waals surface area contributed by atoms with Crippen LogP contribution in [0.2, 0.25) is 0 Å². The standard InChI is InChI=1S/C4H8O2S2/c1-3(8-7)2-4(5)6/h3,7H,2H2,1H3,(H,5,6). The van der Waals surface area contributed by atoms with Gasteiger partial charge in [0.1, 0.15) is 0 Å². The molecule has 0 saturated carbocycles. The molecule has 0 aromatic rings. The molecule has 0 heterocycles. The second-order valence-corrected chi connectivity index (χ2v) is 3.16. The largest absolute Gasteiger partial charge is 0.481 e. The first-order valence-corrected chi connectivity index (χ1v) is 4.12. The average molecular weight is 152 g/mol. The minimum Gasteiger partial charge on any atom is -0.481 e. The van der Waals surface area contributed by atoms with Crippen molar-refractivity contribution in [1.82, 2.24) is 0 Å². The Morgan fingerprint density at radius 1 is 2.00 bits per heavy atom. The molecule has 0 fully saturated rings. The van der Waals surface area contributed by atoms with Crippen molar-refractivity contribution in [2.24, 2.45) is 0 Å². The summed E-state index contributed by atoms with van der Waals surface area (Å²) in [6, 6.07) is 0. The van der Waals surface area contributed by atoms with E-state index in [0.29, 0.717) is 0 Å². The number of carbonyl (C=O) groups is 1. The van der Waals surface area contributed by atoms with Gasteiger partial charge in [-0.2, -0.15) is 0 Å². The van der Waals surface area contributed by atoms with Crippen LogP contribution in [0.1, 0.15) is 13.3 Å². The number of rotatable bonds is 3. The van der Waals surface area contributed by atoms with Crippen LogP contribution >= 0.6 is 22.5 Å². The Bertz CT molecular complexity index is 84.1. The molecule has 4 heteroatoms. The van der Waals surface area contributed by atoms with Gasteiger partial charge in [0, 0.05) is 5.25 Å². The molecule has 1 unspecified atom stereocenters. The lowest BCUT2D eigenvalue weighted by atomic mass is 10.3. The monoisotopic (exact) mass is 152 g/mol. The van der Waals surface area contributed by atoms with Crippen LogP contribution in [0.4, 0.5) is 0 Å². The van der Waals surface area contributed by atoms with Crippen LogP contribution in [0.5, 0.6) is 0 Å². The highest BCUT2D eigenvalue weighted by Crippen LogP contribution is 2.16. The number of aliphatic carboxylic acids is 1. The van der Waals surface area contributed by atoms with E-state index in [1.54, 1.807) is 0 Å². The van der Waals surface area contributed by atoms with Crippen LogP contribution in [-0.2, 0) is 4.79 Å². The summed E-state index contributed by atoms with van der Waals surface area (Å²) in [5.41, 5.74) is 0. The molecule has 0 bridgehead atoms. The van der Waals surface area contributed by atoms with Gasteiger partial charge in [-0.05, 0) is 0 Å². The normalized spacial score (nSPS) is 13.2. The Hall–Kier alpha value is 0.170. The third kappa shape index (κ3) is 4.33. The summed E-state index contributed by atoms with van der Waals surface area (Å²) in [4.78, 5) is 9.92. The van der Waals surface area contributed by atoms with E-state index in [-0.39, 0.29) is 11.7 Å². The van der Waals surface area contributed by atoms with Crippen molar-refractivity contribution in [3.05, 3.63) is 0 Å². The van der Waals surface area contributed by atoms with Crippen molar-refractivity contribution in [3.63, 3.8) is 0 Å². The molecule has 0 aromatic carbocycles. The highest BCUT2D eigenvalue weighted by atomic mass is 33.1. The van der Waals surface area contributed by atoms with Crippen LogP contribution in [0.3, 0.4) is 0 Å². The van der Waals surface area contributed by atoms with Crippen LogP contribution in [0.25, 0.3) is 0 Å². The third-order valence-electron chi connectivity index (χ3n) is 0.642. The van der Waals surface area contributed by atoms with Gasteiger partial charge in [0.25, 0.3) is 0 Å². The molecule has 48 valence electrons. The molecule has 0 amide bonds. The Morgan fingerprint density at radius 2 is 2.50 bits per heavy atom. The maximum atomic E-state index is 9.92. The number of carboxylic acids is 1. The van der Waals surface area contributed by atoms with E-state index in [1.807, 2.05) is 6.92 Å². The fraction of sp³-hybridized carbons (Fsp3) is 0.750. The fourth-order valence-electron chi connectivity index (χ4n) is 0.283. The van der Waals surface area contributed by atoms with E-state index in [2.05, 4.69) is 11.7 Å². The lowest BCUT2D eigenvalue weighted by Gasteiger charge is -1.99. The van der Waals surface area contributed by atoms with Crippen molar-refractivity contribution >= 4 is 28.4 Å². The van der Waals surface area contributed by atoms with Crippen molar-refractivity contribution in [2.75, 3.05) is 0 Å². The molecule has 2 nitrogen and oxygen atoms in total. The summed E-state index contributed by atoms with van der Waals surface area (Å²) in [7, 11) is 1.27. The number of thiol groups is 1. The Balaban J connectivity index is 3.24. The molecule has 0 rings (SSSR count).